The monoisotopic (exact) mass is 203 g/mol. The van der Waals surface area contributed by atoms with Gasteiger partial charge in [-0.15, -0.1) is 0 Å². The molecular formula is C10H21NO3. The van der Waals surface area contributed by atoms with E-state index in [4.69, 9.17) is 15.6 Å². The second-order valence-corrected chi connectivity index (χ2v) is 3.94. The van der Waals surface area contributed by atoms with E-state index in [0.717, 1.165) is 12.8 Å². The molecule has 1 saturated heterocycles. The van der Waals surface area contributed by atoms with E-state index in [2.05, 4.69) is 0 Å². The lowest BCUT2D eigenvalue weighted by atomic mass is 9.83. The molecule has 1 aliphatic heterocycles. The SMILES string of the molecule is CCC1O[C@@H](CO)C(N)C(O)[C@@H]1CC. The van der Waals surface area contributed by atoms with E-state index < -0.39 is 18.2 Å². The molecule has 0 aromatic rings. The number of rotatable bonds is 3. The summed E-state index contributed by atoms with van der Waals surface area (Å²) in [7, 11) is 0. The van der Waals surface area contributed by atoms with Crippen LogP contribution in [0, 0.1) is 5.92 Å². The van der Waals surface area contributed by atoms with Crippen molar-refractivity contribution in [3.63, 3.8) is 0 Å². The molecule has 1 heterocycles. The highest BCUT2D eigenvalue weighted by Crippen LogP contribution is 2.29. The van der Waals surface area contributed by atoms with Crippen LogP contribution in [0.4, 0.5) is 0 Å². The van der Waals surface area contributed by atoms with Crippen LogP contribution in [0.15, 0.2) is 0 Å². The van der Waals surface area contributed by atoms with Gasteiger partial charge >= 0.3 is 0 Å². The molecule has 5 atom stereocenters. The molecule has 4 nitrogen and oxygen atoms in total. The van der Waals surface area contributed by atoms with Crippen LogP contribution in [-0.2, 0) is 4.74 Å². The van der Waals surface area contributed by atoms with Crippen LogP contribution < -0.4 is 5.73 Å². The number of aliphatic hydroxyl groups is 2. The molecule has 0 aromatic heterocycles. The molecule has 0 spiro atoms. The minimum atomic E-state index is -0.559. The molecule has 0 bridgehead atoms. The van der Waals surface area contributed by atoms with Crippen molar-refractivity contribution in [2.45, 2.75) is 51.0 Å². The first kappa shape index (κ1) is 11.9. The lowest BCUT2D eigenvalue weighted by Crippen LogP contribution is -2.59. The van der Waals surface area contributed by atoms with E-state index in [-0.39, 0.29) is 18.6 Å². The van der Waals surface area contributed by atoms with Gasteiger partial charge in [0.15, 0.2) is 0 Å². The van der Waals surface area contributed by atoms with E-state index in [1.807, 2.05) is 13.8 Å². The predicted octanol–water partition coefficient (Wildman–Crippen LogP) is -0.130. The molecule has 4 N–H and O–H groups in total. The zero-order chi connectivity index (χ0) is 10.7. The van der Waals surface area contributed by atoms with Crippen molar-refractivity contribution < 1.29 is 14.9 Å². The van der Waals surface area contributed by atoms with E-state index in [1.165, 1.54) is 0 Å². The Labute approximate surface area is 85.1 Å². The molecule has 84 valence electrons. The van der Waals surface area contributed by atoms with Gasteiger partial charge in [0, 0.05) is 5.92 Å². The first-order chi connectivity index (χ1) is 6.65. The minimum absolute atomic E-state index is 0.0203. The first-order valence-corrected chi connectivity index (χ1v) is 5.35. The molecule has 0 saturated carbocycles. The summed E-state index contributed by atoms with van der Waals surface area (Å²) in [6.45, 7) is 3.92. The predicted molar refractivity (Wildman–Crippen MR) is 53.8 cm³/mol. The number of hydrogen-bond donors (Lipinski definition) is 3. The van der Waals surface area contributed by atoms with E-state index in [9.17, 15) is 5.11 Å². The van der Waals surface area contributed by atoms with Crippen LogP contribution in [0.5, 0.6) is 0 Å². The Morgan fingerprint density at radius 2 is 1.86 bits per heavy atom. The summed E-state index contributed by atoms with van der Waals surface area (Å²) in [4.78, 5) is 0. The van der Waals surface area contributed by atoms with Gasteiger partial charge in [0.05, 0.1) is 31.0 Å². The Hall–Kier alpha value is -0.160. The third-order valence-corrected chi connectivity index (χ3v) is 3.14. The van der Waals surface area contributed by atoms with Crippen LogP contribution in [0.2, 0.25) is 0 Å². The number of nitrogens with two attached hydrogens (primary N) is 1. The quantitative estimate of drug-likeness (QED) is 0.597. The molecule has 0 aliphatic carbocycles. The zero-order valence-electron chi connectivity index (χ0n) is 8.89. The molecule has 1 fully saturated rings. The van der Waals surface area contributed by atoms with E-state index in [1.54, 1.807) is 0 Å². The van der Waals surface area contributed by atoms with Crippen LogP contribution >= 0.6 is 0 Å². The van der Waals surface area contributed by atoms with Gasteiger partial charge in [-0.2, -0.15) is 0 Å². The molecule has 4 heteroatoms. The average molecular weight is 203 g/mol. The smallest absolute Gasteiger partial charge is 0.0985 e. The van der Waals surface area contributed by atoms with E-state index >= 15 is 0 Å². The van der Waals surface area contributed by atoms with E-state index in [0.29, 0.717) is 0 Å². The molecule has 0 aromatic carbocycles. The molecular weight excluding hydrogens is 182 g/mol. The molecule has 1 rings (SSSR count). The van der Waals surface area contributed by atoms with Crippen molar-refractivity contribution in [1.29, 1.82) is 0 Å². The Balaban J connectivity index is 2.71. The van der Waals surface area contributed by atoms with Crippen molar-refractivity contribution in [3.05, 3.63) is 0 Å². The maximum atomic E-state index is 9.92. The highest BCUT2D eigenvalue weighted by Gasteiger charge is 2.41. The summed E-state index contributed by atoms with van der Waals surface area (Å²) in [5, 5.41) is 19.0. The summed E-state index contributed by atoms with van der Waals surface area (Å²) in [6, 6.07) is -0.465. The van der Waals surface area contributed by atoms with Gasteiger partial charge in [0.25, 0.3) is 0 Å². The molecule has 1 aliphatic rings. The van der Waals surface area contributed by atoms with Gasteiger partial charge in [-0.3, -0.25) is 0 Å². The van der Waals surface area contributed by atoms with Crippen molar-refractivity contribution in [2.24, 2.45) is 11.7 Å². The topological polar surface area (TPSA) is 75.7 Å². The summed E-state index contributed by atoms with van der Waals surface area (Å²) in [5.41, 5.74) is 5.78. The summed E-state index contributed by atoms with van der Waals surface area (Å²) in [6.07, 6.45) is 0.741. The van der Waals surface area contributed by atoms with Gasteiger partial charge in [0.1, 0.15) is 0 Å². The van der Waals surface area contributed by atoms with Gasteiger partial charge in [-0.05, 0) is 12.8 Å². The largest absolute Gasteiger partial charge is 0.394 e. The lowest BCUT2D eigenvalue weighted by Gasteiger charge is -2.42. The standard InChI is InChI=1S/C10H21NO3/c1-3-6-7(4-2)14-8(5-12)9(11)10(6)13/h6-10,12-13H,3-5,11H2,1-2H3/t6-,7?,8+,9?,10?/m1/s1. The minimum Gasteiger partial charge on any atom is -0.394 e. The Morgan fingerprint density at radius 3 is 2.29 bits per heavy atom. The summed E-state index contributed by atoms with van der Waals surface area (Å²) >= 11 is 0. The third kappa shape index (κ3) is 2.08. The number of aliphatic hydroxyl groups excluding tert-OH is 2. The fourth-order valence-corrected chi connectivity index (χ4v) is 2.21. The van der Waals surface area contributed by atoms with Crippen LogP contribution in [0.25, 0.3) is 0 Å². The van der Waals surface area contributed by atoms with Crippen molar-refractivity contribution >= 4 is 0 Å². The second-order valence-electron chi connectivity index (χ2n) is 3.94. The highest BCUT2D eigenvalue weighted by atomic mass is 16.5. The van der Waals surface area contributed by atoms with Gasteiger partial charge in [0.2, 0.25) is 0 Å². The molecule has 0 radical (unpaired) electrons. The normalized spacial score (nSPS) is 43.9. The third-order valence-electron chi connectivity index (χ3n) is 3.14. The maximum absolute atomic E-state index is 9.92. The Morgan fingerprint density at radius 1 is 1.21 bits per heavy atom. The highest BCUT2D eigenvalue weighted by molar-refractivity contribution is 4.93. The molecule has 0 amide bonds. The summed E-state index contributed by atoms with van der Waals surface area (Å²) < 4.78 is 5.64. The Bertz CT molecular complexity index is 175. The number of hydrogen-bond acceptors (Lipinski definition) is 4. The zero-order valence-corrected chi connectivity index (χ0v) is 8.89. The summed E-state index contributed by atoms with van der Waals surface area (Å²) in [5.74, 6) is 0.0952. The van der Waals surface area contributed by atoms with Gasteiger partial charge in [-0.25, -0.2) is 0 Å². The average Bonchev–Trinajstić information content (AvgIpc) is 2.21. The van der Waals surface area contributed by atoms with Crippen molar-refractivity contribution in [2.75, 3.05) is 6.61 Å². The van der Waals surface area contributed by atoms with Gasteiger partial charge < -0.3 is 20.7 Å². The van der Waals surface area contributed by atoms with Crippen LogP contribution in [0.3, 0.4) is 0 Å². The molecule has 3 unspecified atom stereocenters. The Kier molecular flexibility index (Phi) is 4.31. The van der Waals surface area contributed by atoms with Crippen molar-refractivity contribution in [3.8, 4) is 0 Å². The lowest BCUT2D eigenvalue weighted by molar-refractivity contribution is -0.160. The second kappa shape index (κ2) is 5.07. The molecule has 14 heavy (non-hydrogen) atoms. The van der Waals surface area contributed by atoms with Crippen LogP contribution in [0.1, 0.15) is 26.7 Å². The van der Waals surface area contributed by atoms with Crippen LogP contribution in [-0.4, -0.2) is 41.2 Å². The fraction of sp³-hybridized carbons (Fsp3) is 1.00. The first-order valence-electron chi connectivity index (χ1n) is 5.35. The van der Waals surface area contributed by atoms with Gasteiger partial charge in [-0.1, -0.05) is 13.8 Å². The van der Waals surface area contributed by atoms with Crippen molar-refractivity contribution in [1.82, 2.24) is 0 Å². The maximum Gasteiger partial charge on any atom is 0.0985 e. The fourth-order valence-electron chi connectivity index (χ4n) is 2.21. The number of ether oxygens (including phenoxy) is 1.